The SMILES string of the molecule is CCN1c2cc(Cl)c(/C=C3/SC(=O)N(CC(=O)Nc4c(C)cccc4C)C3=O)cc2C(C)=CC1(C)C. The summed E-state index contributed by atoms with van der Waals surface area (Å²) in [5.74, 6) is -0.926. The summed E-state index contributed by atoms with van der Waals surface area (Å²) >= 11 is 7.47. The molecule has 0 atom stereocenters. The van der Waals surface area contributed by atoms with E-state index in [4.69, 9.17) is 11.6 Å². The Kier molecular flexibility index (Phi) is 7.08. The van der Waals surface area contributed by atoms with E-state index >= 15 is 0 Å². The van der Waals surface area contributed by atoms with Gasteiger partial charge in [-0.2, -0.15) is 0 Å². The van der Waals surface area contributed by atoms with Crippen molar-refractivity contribution in [2.24, 2.45) is 0 Å². The second-order valence-corrected chi connectivity index (χ2v) is 11.1. The number of aryl methyl sites for hydroxylation is 2. The monoisotopic (exact) mass is 523 g/mol. The highest BCUT2D eigenvalue weighted by atomic mass is 35.5. The first-order chi connectivity index (χ1) is 16.9. The number of halogens is 1. The Hall–Kier alpha value is -3.03. The second-order valence-electron chi connectivity index (χ2n) is 9.70. The van der Waals surface area contributed by atoms with Crippen molar-refractivity contribution >= 4 is 63.4 Å². The summed E-state index contributed by atoms with van der Waals surface area (Å²) in [5, 5.41) is 2.85. The maximum atomic E-state index is 13.1. The lowest BCUT2D eigenvalue weighted by Crippen LogP contribution is -2.44. The summed E-state index contributed by atoms with van der Waals surface area (Å²) in [4.78, 5) is 41.9. The summed E-state index contributed by atoms with van der Waals surface area (Å²) in [6, 6.07) is 9.58. The van der Waals surface area contributed by atoms with Gasteiger partial charge in [-0.3, -0.25) is 19.3 Å². The van der Waals surface area contributed by atoms with Gasteiger partial charge in [0.1, 0.15) is 6.54 Å². The van der Waals surface area contributed by atoms with Gasteiger partial charge in [0.2, 0.25) is 5.91 Å². The second kappa shape index (κ2) is 9.79. The fourth-order valence-electron chi connectivity index (χ4n) is 4.91. The topological polar surface area (TPSA) is 69.7 Å². The number of hydrogen-bond donors (Lipinski definition) is 1. The largest absolute Gasteiger partial charge is 0.363 e. The predicted octanol–water partition coefficient (Wildman–Crippen LogP) is 6.65. The van der Waals surface area contributed by atoms with Crippen molar-refractivity contribution in [3.63, 3.8) is 0 Å². The maximum absolute atomic E-state index is 13.1. The summed E-state index contributed by atoms with van der Waals surface area (Å²) in [5.41, 5.74) is 6.24. The molecule has 36 heavy (non-hydrogen) atoms. The molecule has 1 N–H and O–H groups in total. The van der Waals surface area contributed by atoms with Crippen LogP contribution in [0.3, 0.4) is 0 Å². The van der Waals surface area contributed by atoms with E-state index in [0.717, 1.165) is 51.2 Å². The molecule has 8 heteroatoms. The predicted molar refractivity (Wildman–Crippen MR) is 149 cm³/mol. The number of nitrogens with one attached hydrogen (secondary N) is 1. The fourth-order valence-corrected chi connectivity index (χ4v) is 5.96. The van der Waals surface area contributed by atoms with Gasteiger partial charge in [-0.05, 0) is 93.8 Å². The van der Waals surface area contributed by atoms with Gasteiger partial charge in [-0.25, -0.2) is 0 Å². The number of thioether (sulfide) groups is 1. The van der Waals surface area contributed by atoms with Crippen molar-refractivity contribution < 1.29 is 14.4 Å². The normalized spacial score (nSPS) is 18.0. The van der Waals surface area contributed by atoms with Crippen LogP contribution in [0, 0.1) is 13.8 Å². The molecule has 2 aromatic carbocycles. The van der Waals surface area contributed by atoms with Gasteiger partial charge in [0, 0.05) is 28.5 Å². The molecule has 0 saturated carbocycles. The van der Waals surface area contributed by atoms with Gasteiger partial charge >= 0.3 is 0 Å². The van der Waals surface area contributed by atoms with E-state index in [0.29, 0.717) is 16.3 Å². The number of anilines is 2. The molecule has 0 spiro atoms. The number of benzene rings is 2. The molecule has 0 radical (unpaired) electrons. The van der Waals surface area contributed by atoms with Crippen molar-refractivity contribution in [3.05, 3.63) is 68.6 Å². The van der Waals surface area contributed by atoms with E-state index in [-0.39, 0.29) is 17.0 Å². The zero-order valence-electron chi connectivity index (χ0n) is 21.4. The van der Waals surface area contributed by atoms with Gasteiger partial charge < -0.3 is 10.2 Å². The number of carbonyl (C=O) groups excluding carboxylic acids is 3. The highest BCUT2D eigenvalue weighted by Crippen LogP contribution is 2.42. The molecule has 2 aliphatic heterocycles. The lowest BCUT2D eigenvalue weighted by atomic mass is 9.88. The summed E-state index contributed by atoms with van der Waals surface area (Å²) in [6.45, 7) is 12.8. The highest BCUT2D eigenvalue weighted by Gasteiger charge is 2.37. The molecule has 1 saturated heterocycles. The van der Waals surface area contributed by atoms with Crippen LogP contribution in [0.25, 0.3) is 11.6 Å². The van der Waals surface area contributed by atoms with Crippen LogP contribution < -0.4 is 10.2 Å². The maximum Gasteiger partial charge on any atom is 0.294 e. The van der Waals surface area contributed by atoms with Crippen LogP contribution in [0.1, 0.15) is 49.9 Å². The van der Waals surface area contributed by atoms with Crippen LogP contribution in [0.5, 0.6) is 0 Å². The van der Waals surface area contributed by atoms with Crippen molar-refractivity contribution in [1.82, 2.24) is 4.90 Å². The van der Waals surface area contributed by atoms with E-state index in [9.17, 15) is 14.4 Å². The number of allylic oxidation sites excluding steroid dienone is 1. The molecule has 188 valence electrons. The van der Waals surface area contributed by atoms with Gasteiger partial charge in [-0.1, -0.05) is 35.9 Å². The molecule has 2 aliphatic rings. The molecule has 4 rings (SSSR count). The minimum absolute atomic E-state index is 0.142. The summed E-state index contributed by atoms with van der Waals surface area (Å²) in [7, 11) is 0. The molecule has 2 aromatic rings. The first kappa shape index (κ1) is 26.0. The minimum atomic E-state index is -0.501. The van der Waals surface area contributed by atoms with Crippen LogP contribution in [-0.4, -0.2) is 40.6 Å². The van der Waals surface area contributed by atoms with Crippen LogP contribution in [0.2, 0.25) is 5.02 Å². The fraction of sp³-hybridized carbons (Fsp3) is 0.321. The highest BCUT2D eigenvalue weighted by molar-refractivity contribution is 8.18. The third-order valence-electron chi connectivity index (χ3n) is 6.62. The van der Waals surface area contributed by atoms with Crippen molar-refractivity contribution in [1.29, 1.82) is 0 Å². The van der Waals surface area contributed by atoms with Crippen LogP contribution in [-0.2, 0) is 9.59 Å². The number of amides is 3. The van der Waals surface area contributed by atoms with E-state index in [1.54, 1.807) is 6.08 Å². The summed E-state index contributed by atoms with van der Waals surface area (Å²) < 4.78 is 0. The Bertz CT molecular complexity index is 1330. The molecule has 1 fully saturated rings. The number of hydrogen-bond acceptors (Lipinski definition) is 5. The Morgan fingerprint density at radius 1 is 1.14 bits per heavy atom. The average Bonchev–Trinajstić information content (AvgIpc) is 3.04. The van der Waals surface area contributed by atoms with Gasteiger partial charge in [0.15, 0.2) is 0 Å². The molecule has 0 unspecified atom stereocenters. The standard InChI is InChI=1S/C28H30ClN3O3S/c1-7-32-22-13-21(29)19(11-20(22)18(4)14-28(32,5)6)12-23-26(34)31(27(35)36-23)15-24(33)30-25-16(2)9-8-10-17(25)3/h8-14H,7,15H2,1-6H3,(H,30,33)/b23-12+. The molecule has 6 nitrogen and oxygen atoms in total. The van der Waals surface area contributed by atoms with E-state index in [2.05, 4.69) is 44.0 Å². The quantitative estimate of drug-likeness (QED) is 0.444. The number of imide groups is 1. The summed E-state index contributed by atoms with van der Waals surface area (Å²) in [6.07, 6.45) is 3.86. The molecule has 0 bridgehead atoms. The smallest absolute Gasteiger partial charge is 0.294 e. The van der Waals surface area contributed by atoms with Crippen LogP contribution in [0.4, 0.5) is 16.2 Å². The van der Waals surface area contributed by atoms with Crippen molar-refractivity contribution in [2.75, 3.05) is 23.3 Å². The van der Waals surface area contributed by atoms with Crippen LogP contribution in [0.15, 0.2) is 41.3 Å². The van der Waals surface area contributed by atoms with Crippen molar-refractivity contribution in [2.45, 2.75) is 47.1 Å². The lowest BCUT2D eigenvalue weighted by Gasteiger charge is -2.43. The molecule has 0 aromatic heterocycles. The lowest BCUT2D eigenvalue weighted by molar-refractivity contribution is -0.127. The number of fused-ring (bicyclic) bond motifs is 1. The van der Waals surface area contributed by atoms with Crippen LogP contribution >= 0.6 is 23.4 Å². The minimum Gasteiger partial charge on any atom is -0.363 e. The number of likely N-dealkylation sites (N-methyl/N-ethyl adjacent to an activating group) is 1. The Labute approximate surface area is 221 Å². The van der Waals surface area contributed by atoms with E-state index in [1.807, 2.05) is 44.2 Å². The Balaban J connectivity index is 1.58. The van der Waals surface area contributed by atoms with Gasteiger partial charge in [-0.15, -0.1) is 0 Å². The Morgan fingerprint density at radius 3 is 2.44 bits per heavy atom. The molecular weight excluding hydrogens is 494 g/mol. The Morgan fingerprint density at radius 2 is 1.81 bits per heavy atom. The number of para-hydroxylation sites is 1. The van der Waals surface area contributed by atoms with Gasteiger partial charge in [0.25, 0.3) is 11.1 Å². The third kappa shape index (κ3) is 4.82. The number of rotatable bonds is 5. The zero-order chi connectivity index (χ0) is 26.4. The first-order valence-electron chi connectivity index (χ1n) is 11.9. The molecule has 2 heterocycles. The average molecular weight is 524 g/mol. The van der Waals surface area contributed by atoms with E-state index in [1.165, 1.54) is 0 Å². The van der Waals surface area contributed by atoms with E-state index < -0.39 is 17.1 Å². The number of nitrogens with zero attached hydrogens (tertiary/aromatic N) is 2. The van der Waals surface area contributed by atoms with Gasteiger partial charge in [0.05, 0.1) is 10.4 Å². The first-order valence-corrected chi connectivity index (χ1v) is 13.0. The number of carbonyl (C=O) groups is 3. The van der Waals surface area contributed by atoms with Crippen molar-refractivity contribution in [3.8, 4) is 0 Å². The zero-order valence-corrected chi connectivity index (χ0v) is 22.9. The third-order valence-corrected chi connectivity index (χ3v) is 7.85. The molecular formula is C28H30ClN3O3S. The molecule has 0 aliphatic carbocycles. The molecule has 3 amide bonds.